The molecule has 0 bridgehead atoms. The Morgan fingerprint density at radius 1 is 0.865 bits per heavy atom. The third kappa shape index (κ3) is 5.95. The number of fused-ring (bicyclic) bond motifs is 1. The number of rotatable bonds is 7. The van der Waals surface area contributed by atoms with Gasteiger partial charge in [-0.3, -0.25) is 9.69 Å². The maximum Gasteiger partial charge on any atom is 0.251 e. The summed E-state index contributed by atoms with van der Waals surface area (Å²) in [6, 6.07) is 22.9. The standard InChI is InChI=1S/C30H35N3O3S/c1-23(27-16-15-25-7-5-6-8-28(25)21-27)31-30(34)26-13-11-24(12-14-26)22-32-17-19-33(20-18-32)37(35,36)29-9-3-2-4-10-29/h2-4,9-16,21,23H,5-8,17-20,22H2,1H3,(H,31,34)/t23-/m0/s1. The molecule has 1 fully saturated rings. The lowest BCUT2D eigenvalue weighted by molar-refractivity contribution is 0.0940. The summed E-state index contributed by atoms with van der Waals surface area (Å²) in [6.07, 6.45) is 4.79. The van der Waals surface area contributed by atoms with Crippen molar-refractivity contribution in [3.05, 3.63) is 101 Å². The second-order valence-electron chi connectivity index (χ2n) is 10.1. The van der Waals surface area contributed by atoms with Gasteiger partial charge in [-0.15, -0.1) is 0 Å². The first-order chi connectivity index (χ1) is 17.9. The Balaban J connectivity index is 1.13. The number of aryl methyl sites for hydroxylation is 2. The number of piperazine rings is 1. The van der Waals surface area contributed by atoms with Crippen LogP contribution >= 0.6 is 0 Å². The molecule has 0 saturated carbocycles. The van der Waals surface area contributed by atoms with Gasteiger partial charge in [0.1, 0.15) is 0 Å². The van der Waals surface area contributed by atoms with Gasteiger partial charge in [0.15, 0.2) is 0 Å². The number of carbonyl (C=O) groups excluding carboxylic acids is 1. The highest BCUT2D eigenvalue weighted by Crippen LogP contribution is 2.25. The fraction of sp³-hybridized carbons (Fsp3) is 0.367. The van der Waals surface area contributed by atoms with Gasteiger partial charge < -0.3 is 5.32 Å². The first kappa shape index (κ1) is 25.6. The van der Waals surface area contributed by atoms with Crippen LogP contribution in [0.3, 0.4) is 0 Å². The van der Waals surface area contributed by atoms with E-state index in [4.69, 9.17) is 0 Å². The maximum atomic E-state index is 12.9. The minimum absolute atomic E-state index is 0.0529. The van der Waals surface area contributed by atoms with Crippen molar-refractivity contribution >= 4 is 15.9 Å². The van der Waals surface area contributed by atoms with Crippen molar-refractivity contribution in [1.29, 1.82) is 0 Å². The highest BCUT2D eigenvalue weighted by Gasteiger charge is 2.28. The first-order valence-electron chi connectivity index (χ1n) is 13.2. The van der Waals surface area contributed by atoms with E-state index in [-0.39, 0.29) is 11.9 Å². The van der Waals surface area contributed by atoms with Crippen LogP contribution in [-0.2, 0) is 29.4 Å². The van der Waals surface area contributed by atoms with Gasteiger partial charge in [-0.2, -0.15) is 4.31 Å². The molecule has 1 N–H and O–H groups in total. The van der Waals surface area contributed by atoms with Crippen molar-refractivity contribution in [3.8, 4) is 0 Å². The molecule has 0 aromatic heterocycles. The molecule has 1 amide bonds. The zero-order valence-corrected chi connectivity index (χ0v) is 22.2. The van der Waals surface area contributed by atoms with E-state index in [1.165, 1.54) is 24.0 Å². The number of hydrogen-bond acceptors (Lipinski definition) is 4. The topological polar surface area (TPSA) is 69.7 Å². The lowest BCUT2D eigenvalue weighted by Crippen LogP contribution is -2.48. The van der Waals surface area contributed by atoms with Crippen molar-refractivity contribution in [3.63, 3.8) is 0 Å². The van der Waals surface area contributed by atoms with E-state index in [0.717, 1.165) is 30.5 Å². The van der Waals surface area contributed by atoms with Gasteiger partial charge in [0.05, 0.1) is 10.9 Å². The van der Waals surface area contributed by atoms with Crippen LogP contribution in [0.4, 0.5) is 0 Å². The summed E-state index contributed by atoms with van der Waals surface area (Å²) in [5.41, 5.74) is 5.78. The molecule has 1 aliphatic heterocycles. The minimum atomic E-state index is -3.45. The van der Waals surface area contributed by atoms with Crippen LogP contribution in [-0.4, -0.2) is 49.7 Å². The van der Waals surface area contributed by atoms with E-state index < -0.39 is 10.0 Å². The Morgan fingerprint density at radius 3 is 2.24 bits per heavy atom. The Kier molecular flexibility index (Phi) is 7.74. The van der Waals surface area contributed by atoms with Crippen LogP contribution in [0.5, 0.6) is 0 Å². The minimum Gasteiger partial charge on any atom is -0.346 e. The molecule has 2 aliphatic rings. The quantitative estimate of drug-likeness (QED) is 0.499. The summed E-state index contributed by atoms with van der Waals surface area (Å²) in [5, 5.41) is 3.14. The smallest absolute Gasteiger partial charge is 0.251 e. The van der Waals surface area contributed by atoms with E-state index >= 15 is 0 Å². The van der Waals surface area contributed by atoms with Crippen LogP contribution in [0, 0.1) is 0 Å². The third-order valence-electron chi connectivity index (χ3n) is 7.55. The molecule has 37 heavy (non-hydrogen) atoms. The summed E-state index contributed by atoms with van der Waals surface area (Å²) in [7, 11) is -3.45. The molecule has 3 aromatic carbocycles. The van der Waals surface area contributed by atoms with Crippen molar-refractivity contribution in [2.75, 3.05) is 26.2 Å². The van der Waals surface area contributed by atoms with Gasteiger partial charge >= 0.3 is 0 Å². The second kappa shape index (κ2) is 11.2. The molecule has 1 heterocycles. The molecular weight excluding hydrogens is 482 g/mol. The molecule has 6 nitrogen and oxygen atoms in total. The van der Waals surface area contributed by atoms with Gasteiger partial charge in [-0.25, -0.2) is 8.42 Å². The first-order valence-corrected chi connectivity index (χ1v) is 14.6. The Bertz CT molecular complexity index is 1330. The SMILES string of the molecule is C[C@H](NC(=O)c1ccc(CN2CCN(S(=O)(=O)c3ccccc3)CC2)cc1)c1ccc2c(c1)CCCC2. The van der Waals surface area contributed by atoms with E-state index in [0.29, 0.717) is 36.6 Å². The average molecular weight is 518 g/mol. The fourth-order valence-corrected chi connectivity index (χ4v) is 6.72. The molecule has 0 radical (unpaired) electrons. The molecule has 0 spiro atoms. The Hall–Kier alpha value is -3.00. The van der Waals surface area contributed by atoms with Crippen molar-refractivity contribution in [2.45, 2.75) is 50.1 Å². The number of carbonyl (C=O) groups is 1. The molecule has 7 heteroatoms. The van der Waals surface area contributed by atoms with Gasteiger partial charge in [0, 0.05) is 38.3 Å². The maximum absolute atomic E-state index is 12.9. The average Bonchev–Trinajstić information content (AvgIpc) is 2.94. The normalized spacial score (nSPS) is 17.6. The second-order valence-corrected chi connectivity index (χ2v) is 12.1. The third-order valence-corrected chi connectivity index (χ3v) is 9.47. The van der Waals surface area contributed by atoms with E-state index in [9.17, 15) is 13.2 Å². The van der Waals surface area contributed by atoms with Crippen molar-refractivity contribution in [1.82, 2.24) is 14.5 Å². The predicted molar refractivity (Wildman–Crippen MR) is 146 cm³/mol. The van der Waals surface area contributed by atoms with Crippen molar-refractivity contribution < 1.29 is 13.2 Å². The van der Waals surface area contributed by atoms with Crippen LogP contribution in [0.15, 0.2) is 77.7 Å². The molecule has 0 unspecified atom stereocenters. The predicted octanol–water partition coefficient (Wildman–Crippen LogP) is 4.56. The van der Waals surface area contributed by atoms with Gasteiger partial charge in [0.2, 0.25) is 10.0 Å². The van der Waals surface area contributed by atoms with Crippen molar-refractivity contribution in [2.24, 2.45) is 0 Å². The Morgan fingerprint density at radius 2 is 1.54 bits per heavy atom. The summed E-state index contributed by atoms with van der Waals surface area (Å²) < 4.78 is 27.3. The number of hydrogen-bond donors (Lipinski definition) is 1. The van der Waals surface area contributed by atoms with Crippen LogP contribution in [0.2, 0.25) is 0 Å². The van der Waals surface area contributed by atoms with E-state index in [1.807, 2.05) is 37.3 Å². The molecule has 5 rings (SSSR count). The summed E-state index contributed by atoms with van der Waals surface area (Å²) >= 11 is 0. The zero-order valence-electron chi connectivity index (χ0n) is 21.4. The van der Waals surface area contributed by atoms with Gasteiger partial charge in [0.25, 0.3) is 5.91 Å². The monoisotopic (exact) mass is 517 g/mol. The Labute approximate surface area is 220 Å². The van der Waals surface area contributed by atoms with Crippen LogP contribution in [0.1, 0.15) is 58.4 Å². The summed E-state index contributed by atoms with van der Waals surface area (Å²) in [5.74, 6) is -0.0727. The van der Waals surface area contributed by atoms with Gasteiger partial charge in [-0.1, -0.05) is 48.5 Å². The molecule has 3 aromatic rings. The zero-order chi connectivity index (χ0) is 25.8. The lowest BCUT2D eigenvalue weighted by atomic mass is 9.89. The summed E-state index contributed by atoms with van der Waals surface area (Å²) in [4.78, 5) is 15.5. The largest absolute Gasteiger partial charge is 0.346 e. The molecular formula is C30H35N3O3S. The van der Waals surface area contributed by atoms with E-state index in [1.54, 1.807) is 28.6 Å². The molecule has 194 valence electrons. The fourth-order valence-electron chi connectivity index (χ4n) is 5.28. The van der Waals surface area contributed by atoms with Crippen LogP contribution in [0.25, 0.3) is 0 Å². The number of sulfonamides is 1. The molecule has 1 atom stereocenters. The highest BCUT2D eigenvalue weighted by atomic mass is 32.2. The lowest BCUT2D eigenvalue weighted by Gasteiger charge is -2.34. The summed E-state index contributed by atoms with van der Waals surface area (Å²) in [6.45, 7) is 5.05. The number of nitrogens with one attached hydrogen (secondary N) is 1. The number of nitrogens with zero attached hydrogens (tertiary/aromatic N) is 2. The van der Waals surface area contributed by atoms with E-state index in [2.05, 4.69) is 28.4 Å². The van der Waals surface area contributed by atoms with Crippen LogP contribution < -0.4 is 5.32 Å². The van der Waals surface area contributed by atoms with Gasteiger partial charge in [-0.05, 0) is 79.1 Å². The molecule has 1 aliphatic carbocycles. The molecule has 1 saturated heterocycles. The number of amides is 1. The number of benzene rings is 3. The highest BCUT2D eigenvalue weighted by molar-refractivity contribution is 7.89.